The molecule has 2 aliphatic rings. The van der Waals surface area contributed by atoms with Crippen LogP contribution in [0.5, 0.6) is 0 Å². The van der Waals surface area contributed by atoms with Gasteiger partial charge in [-0.2, -0.15) is 5.26 Å². The van der Waals surface area contributed by atoms with Crippen LogP contribution in [0, 0.1) is 17.1 Å². The minimum Gasteiger partial charge on any atom is -0.387 e. The number of halogens is 1. The molecule has 2 aromatic carbocycles. The number of aliphatic hydroxyl groups is 1. The number of nitriles is 1. The number of piperidine rings is 1. The Morgan fingerprint density at radius 1 is 1.28 bits per heavy atom. The molecule has 2 saturated heterocycles. The van der Waals surface area contributed by atoms with Crippen molar-refractivity contribution in [3.63, 3.8) is 0 Å². The van der Waals surface area contributed by atoms with Crippen molar-refractivity contribution in [1.29, 1.82) is 5.26 Å². The topological polar surface area (TPSA) is 77.8 Å². The Balaban J connectivity index is 1.64. The van der Waals surface area contributed by atoms with Crippen LogP contribution in [0.1, 0.15) is 24.0 Å². The Morgan fingerprint density at radius 3 is 2.75 bits per heavy atom. The highest BCUT2D eigenvalue weighted by atomic mass is 19.1. The van der Waals surface area contributed by atoms with Gasteiger partial charge in [0.1, 0.15) is 11.9 Å². The molecule has 2 N–H and O–H groups in total. The van der Waals surface area contributed by atoms with E-state index < -0.39 is 11.4 Å². The van der Waals surface area contributed by atoms with Crippen LogP contribution in [-0.4, -0.2) is 63.3 Å². The molecule has 2 fully saturated rings. The summed E-state index contributed by atoms with van der Waals surface area (Å²) in [7, 11) is 1.60. The van der Waals surface area contributed by atoms with E-state index in [-0.39, 0.29) is 11.7 Å². The fourth-order valence-electron chi connectivity index (χ4n) is 4.58. The first-order valence-corrected chi connectivity index (χ1v) is 11.1. The summed E-state index contributed by atoms with van der Waals surface area (Å²) in [6.45, 7) is 4.07. The van der Waals surface area contributed by atoms with Crippen LogP contribution in [0.25, 0.3) is 11.1 Å². The molecule has 170 valence electrons. The van der Waals surface area contributed by atoms with Gasteiger partial charge < -0.3 is 24.8 Å². The minimum atomic E-state index is -0.808. The number of hydrogen-bond acceptors (Lipinski definition) is 6. The maximum atomic E-state index is 14.5. The molecule has 2 aromatic rings. The zero-order valence-electron chi connectivity index (χ0n) is 18.4. The summed E-state index contributed by atoms with van der Waals surface area (Å²) in [5, 5.41) is 23.2. The lowest BCUT2D eigenvalue weighted by Gasteiger charge is -2.39. The van der Waals surface area contributed by atoms with E-state index in [0.29, 0.717) is 39.1 Å². The first kappa shape index (κ1) is 22.7. The Bertz CT molecular complexity index is 977. The summed E-state index contributed by atoms with van der Waals surface area (Å²) >= 11 is 0. The number of anilines is 1. The summed E-state index contributed by atoms with van der Waals surface area (Å²) < 4.78 is 25.5. The number of methoxy groups -OCH3 is 1. The molecule has 0 amide bonds. The summed E-state index contributed by atoms with van der Waals surface area (Å²) in [5.41, 5.74) is 3.01. The fraction of sp³-hybridized carbons (Fsp3) is 0.480. The largest absolute Gasteiger partial charge is 0.387 e. The van der Waals surface area contributed by atoms with E-state index in [2.05, 4.69) is 28.4 Å². The van der Waals surface area contributed by atoms with E-state index in [1.165, 1.54) is 12.1 Å². The number of benzene rings is 2. The van der Waals surface area contributed by atoms with E-state index in [1.807, 2.05) is 6.07 Å². The second-order valence-corrected chi connectivity index (χ2v) is 8.70. The smallest absolute Gasteiger partial charge is 0.141 e. The molecule has 0 aliphatic carbocycles. The van der Waals surface area contributed by atoms with Gasteiger partial charge in [-0.3, -0.25) is 0 Å². The molecular formula is C25H30FN3O3. The molecule has 1 unspecified atom stereocenters. The third kappa shape index (κ3) is 5.11. The van der Waals surface area contributed by atoms with Gasteiger partial charge in [0, 0.05) is 44.5 Å². The summed E-state index contributed by atoms with van der Waals surface area (Å²) in [5.74, 6) is -0.519. The van der Waals surface area contributed by atoms with Crippen molar-refractivity contribution in [2.24, 2.45) is 0 Å². The molecule has 6 nitrogen and oxygen atoms in total. The lowest BCUT2D eigenvalue weighted by Crippen LogP contribution is -2.47. The van der Waals surface area contributed by atoms with Gasteiger partial charge in [0.05, 0.1) is 30.5 Å². The number of hydrogen-bond donors (Lipinski definition) is 2. The van der Waals surface area contributed by atoms with Crippen LogP contribution < -0.4 is 10.2 Å². The van der Waals surface area contributed by atoms with Crippen LogP contribution in [-0.2, 0) is 15.9 Å². The molecule has 4 rings (SSSR count). The Morgan fingerprint density at radius 2 is 2.09 bits per heavy atom. The minimum absolute atomic E-state index is 0.0377. The van der Waals surface area contributed by atoms with E-state index in [9.17, 15) is 9.50 Å². The molecular weight excluding hydrogens is 409 g/mol. The van der Waals surface area contributed by atoms with Crippen molar-refractivity contribution in [1.82, 2.24) is 5.32 Å². The van der Waals surface area contributed by atoms with E-state index in [4.69, 9.17) is 14.7 Å². The standard InChI is InChI=1S/C25H30FN3O3/c1-31-17-25(30)6-9-29(10-7-25)24-5-2-18(12-21-16-28-8-11-32-21)13-22(24)19-3-4-20(15-27)23(26)14-19/h2-5,13-14,21,28,30H,6-12,16-17H2,1H3. The number of rotatable bonds is 6. The highest BCUT2D eigenvalue weighted by molar-refractivity contribution is 5.80. The molecule has 1 atom stereocenters. The average molecular weight is 440 g/mol. The molecule has 0 aromatic heterocycles. The van der Waals surface area contributed by atoms with Gasteiger partial charge in [0.2, 0.25) is 0 Å². The molecule has 7 heteroatoms. The zero-order valence-corrected chi connectivity index (χ0v) is 18.4. The SMILES string of the molecule is COCC1(O)CCN(c2ccc(CC3CNCCO3)cc2-c2ccc(C#N)c(F)c2)CC1. The molecule has 32 heavy (non-hydrogen) atoms. The van der Waals surface area contributed by atoms with E-state index in [0.717, 1.165) is 41.9 Å². The lowest BCUT2D eigenvalue weighted by molar-refractivity contribution is -0.0471. The molecule has 0 saturated carbocycles. The molecule has 2 aliphatic heterocycles. The first-order valence-electron chi connectivity index (χ1n) is 11.1. The normalized spacial score (nSPS) is 20.7. The molecule has 0 bridgehead atoms. The van der Waals surface area contributed by atoms with Crippen LogP contribution >= 0.6 is 0 Å². The first-order chi connectivity index (χ1) is 15.5. The number of nitrogens with zero attached hydrogens (tertiary/aromatic N) is 2. The van der Waals surface area contributed by atoms with Gasteiger partial charge in [0.15, 0.2) is 0 Å². The second-order valence-electron chi connectivity index (χ2n) is 8.70. The maximum Gasteiger partial charge on any atom is 0.141 e. The van der Waals surface area contributed by atoms with Crippen LogP contribution in [0.2, 0.25) is 0 Å². The molecule has 0 radical (unpaired) electrons. The van der Waals surface area contributed by atoms with Crippen molar-refractivity contribution in [2.75, 3.05) is 51.4 Å². The van der Waals surface area contributed by atoms with Crippen LogP contribution in [0.4, 0.5) is 10.1 Å². The van der Waals surface area contributed by atoms with Gasteiger partial charge in [-0.1, -0.05) is 12.1 Å². The van der Waals surface area contributed by atoms with Gasteiger partial charge in [-0.05, 0) is 54.7 Å². The Kier molecular flexibility index (Phi) is 7.07. The van der Waals surface area contributed by atoms with E-state index >= 15 is 0 Å². The predicted molar refractivity (Wildman–Crippen MR) is 121 cm³/mol. The Hall–Kier alpha value is -2.50. The van der Waals surface area contributed by atoms with Gasteiger partial charge in [-0.25, -0.2) is 4.39 Å². The summed E-state index contributed by atoms with van der Waals surface area (Å²) in [6, 6.07) is 12.9. The fourth-order valence-corrected chi connectivity index (χ4v) is 4.58. The number of morpholine rings is 1. The predicted octanol–water partition coefficient (Wildman–Crippen LogP) is 2.87. The number of ether oxygens (including phenoxy) is 2. The van der Waals surface area contributed by atoms with Crippen LogP contribution in [0.15, 0.2) is 36.4 Å². The van der Waals surface area contributed by atoms with Gasteiger partial charge in [-0.15, -0.1) is 0 Å². The van der Waals surface area contributed by atoms with E-state index in [1.54, 1.807) is 13.2 Å². The van der Waals surface area contributed by atoms with Crippen LogP contribution in [0.3, 0.4) is 0 Å². The quantitative estimate of drug-likeness (QED) is 0.721. The zero-order chi connectivity index (χ0) is 22.6. The van der Waals surface area contributed by atoms with Crippen molar-refractivity contribution < 1.29 is 19.0 Å². The highest BCUT2D eigenvalue weighted by Gasteiger charge is 2.33. The van der Waals surface area contributed by atoms with Gasteiger partial charge in [0.25, 0.3) is 0 Å². The van der Waals surface area contributed by atoms with Crippen molar-refractivity contribution in [2.45, 2.75) is 31.0 Å². The monoisotopic (exact) mass is 439 g/mol. The van der Waals surface area contributed by atoms with Crippen molar-refractivity contribution >= 4 is 5.69 Å². The maximum absolute atomic E-state index is 14.5. The molecule has 2 heterocycles. The number of nitrogens with one attached hydrogen (secondary N) is 1. The Labute approximate surface area is 188 Å². The van der Waals surface area contributed by atoms with Crippen molar-refractivity contribution in [3.8, 4) is 17.2 Å². The lowest BCUT2D eigenvalue weighted by atomic mass is 9.90. The summed E-state index contributed by atoms with van der Waals surface area (Å²) in [6.07, 6.45) is 2.09. The second kappa shape index (κ2) is 9.97. The van der Waals surface area contributed by atoms with Gasteiger partial charge >= 0.3 is 0 Å². The summed E-state index contributed by atoms with van der Waals surface area (Å²) in [4.78, 5) is 2.23. The average Bonchev–Trinajstić information content (AvgIpc) is 2.80. The van der Waals surface area contributed by atoms with Crippen molar-refractivity contribution in [3.05, 3.63) is 53.3 Å². The highest BCUT2D eigenvalue weighted by Crippen LogP contribution is 2.36. The third-order valence-electron chi connectivity index (χ3n) is 6.38. The third-order valence-corrected chi connectivity index (χ3v) is 6.38. The molecule has 0 spiro atoms.